The van der Waals surface area contributed by atoms with E-state index in [2.05, 4.69) is 0 Å². The van der Waals surface area contributed by atoms with Crippen LogP contribution in [0.5, 0.6) is 5.95 Å². The Labute approximate surface area is 69.1 Å². The Hall–Kier alpha value is -1.29. The molecule has 4 nitrogen and oxygen atoms in total. The minimum Gasteiger partial charge on any atom is -0.480 e. The van der Waals surface area contributed by atoms with Crippen LogP contribution in [0.25, 0.3) is 0 Å². The molecular weight excluding hydrogens is 160 g/mol. The van der Waals surface area contributed by atoms with Gasteiger partial charge in [-0.15, -0.1) is 0 Å². The van der Waals surface area contributed by atoms with Crippen LogP contribution in [0.15, 0.2) is 15.3 Å². The first-order chi connectivity index (χ1) is 5.52. The van der Waals surface area contributed by atoms with Crippen LogP contribution in [0.1, 0.15) is 24.4 Å². The molecule has 0 radical (unpaired) electrons. The van der Waals surface area contributed by atoms with Crippen LogP contribution >= 0.6 is 0 Å². The molecule has 0 spiro atoms. The van der Waals surface area contributed by atoms with Gasteiger partial charge >= 0.3 is 0 Å². The fourth-order valence-electron chi connectivity index (χ4n) is 0.989. The van der Waals surface area contributed by atoms with Gasteiger partial charge in [0.15, 0.2) is 5.43 Å². The predicted octanol–water partition coefficient (Wildman–Crippen LogP) is 0.707. The SMILES string of the molecule is Cc1cc(=O)c(C(C)O)c(O)o1. The topological polar surface area (TPSA) is 70.7 Å². The minimum atomic E-state index is -1.01. The molecular formula is C8H10O4. The summed E-state index contributed by atoms with van der Waals surface area (Å²) in [5, 5.41) is 18.2. The van der Waals surface area contributed by atoms with Crippen LogP contribution in [-0.2, 0) is 0 Å². The Morgan fingerprint density at radius 2 is 2.17 bits per heavy atom. The highest BCUT2D eigenvalue weighted by molar-refractivity contribution is 5.24. The lowest BCUT2D eigenvalue weighted by Gasteiger charge is -2.04. The van der Waals surface area contributed by atoms with E-state index in [1.54, 1.807) is 6.92 Å². The number of rotatable bonds is 1. The van der Waals surface area contributed by atoms with E-state index in [1.165, 1.54) is 13.0 Å². The first-order valence-corrected chi connectivity index (χ1v) is 3.54. The zero-order valence-electron chi connectivity index (χ0n) is 6.87. The summed E-state index contributed by atoms with van der Waals surface area (Å²) in [6, 6.07) is 1.22. The minimum absolute atomic E-state index is 0.0967. The van der Waals surface area contributed by atoms with Gasteiger partial charge < -0.3 is 14.6 Å². The van der Waals surface area contributed by atoms with Crippen molar-refractivity contribution >= 4 is 0 Å². The van der Waals surface area contributed by atoms with Crippen LogP contribution in [0.3, 0.4) is 0 Å². The molecule has 1 aromatic rings. The lowest BCUT2D eigenvalue weighted by atomic mass is 10.2. The highest BCUT2D eigenvalue weighted by atomic mass is 16.5. The van der Waals surface area contributed by atoms with Gasteiger partial charge in [-0.25, -0.2) is 0 Å². The van der Waals surface area contributed by atoms with Crippen LogP contribution in [0.4, 0.5) is 0 Å². The van der Waals surface area contributed by atoms with Gasteiger partial charge in [-0.05, 0) is 13.8 Å². The molecule has 0 bridgehead atoms. The summed E-state index contributed by atoms with van der Waals surface area (Å²) < 4.78 is 4.75. The zero-order chi connectivity index (χ0) is 9.30. The molecule has 1 rings (SSSR count). The van der Waals surface area contributed by atoms with E-state index in [4.69, 9.17) is 14.6 Å². The molecule has 0 aliphatic heterocycles. The van der Waals surface area contributed by atoms with Gasteiger partial charge in [-0.3, -0.25) is 4.79 Å². The second-order valence-corrected chi connectivity index (χ2v) is 2.62. The molecule has 0 amide bonds. The second kappa shape index (κ2) is 2.98. The number of hydrogen-bond donors (Lipinski definition) is 2. The van der Waals surface area contributed by atoms with E-state index in [-0.39, 0.29) is 5.56 Å². The van der Waals surface area contributed by atoms with E-state index < -0.39 is 17.5 Å². The number of aliphatic hydroxyl groups is 1. The molecule has 1 heterocycles. The van der Waals surface area contributed by atoms with Crippen molar-refractivity contribution in [3.63, 3.8) is 0 Å². The van der Waals surface area contributed by atoms with Crippen molar-refractivity contribution in [1.82, 2.24) is 0 Å². The van der Waals surface area contributed by atoms with Crippen molar-refractivity contribution in [3.8, 4) is 5.95 Å². The summed E-state index contributed by atoms with van der Waals surface area (Å²) in [6.07, 6.45) is -1.01. The van der Waals surface area contributed by atoms with Gasteiger partial charge in [-0.1, -0.05) is 0 Å². The van der Waals surface area contributed by atoms with Crippen LogP contribution in [-0.4, -0.2) is 10.2 Å². The summed E-state index contributed by atoms with van der Waals surface area (Å²) in [5.41, 5.74) is -0.508. The lowest BCUT2D eigenvalue weighted by Crippen LogP contribution is -2.10. The van der Waals surface area contributed by atoms with Crippen molar-refractivity contribution in [3.05, 3.63) is 27.6 Å². The Bertz CT molecular complexity index is 337. The van der Waals surface area contributed by atoms with E-state index in [0.717, 1.165) is 0 Å². The van der Waals surface area contributed by atoms with Crippen molar-refractivity contribution in [2.75, 3.05) is 0 Å². The second-order valence-electron chi connectivity index (χ2n) is 2.62. The average Bonchev–Trinajstić information content (AvgIpc) is 1.82. The fraction of sp³-hybridized carbons (Fsp3) is 0.375. The fourth-order valence-corrected chi connectivity index (χ4v) is 0.989. The maximum absolute atomic E-state index is 11.1. The van der Waals surface area contributed by atoms with E-state index in [9.17, 15) is 4.79 Å². The van der Waals surface area contributed by atoms with E-state index in [0.29, 0.717) is 5.76 Å². The first-order valence-electron chi connectivity index (χ1n) is 3.54. The van der Waals surface area contributed by atoms with Crippen LogP contribution < -0.4 is 5.43 Å². The monoisotopic (exact) mass is 170 g/mol. The van der Waals surface area contributed by atoms with E-state index >= 15 is 0 Å². The van der Waals surface area contributed by atoms with Crippen molar-refractivity contribution in [1.29, 1.82) is 0 Å². The molecule has 0 fully saturated rings. The van der Waals surface area contributed by atoms with Gasteiger partial charge in [0.2, 0.25) is 0 Å². The summed E-state index contributed by atoms with van der Waals surface area (Å²) >= 11 is 0. The van der Waals surface area contributed by atoms with Gasteiger partial charge in [0.1, 0.15) is 11.3 Å². The highest BCUT2D eigenvalue weighted by Gasteiger charge is 2.14. The molecule has 0 saturated carbocycles. The number of aryl methyl sites for hydroxylation is 1. The summed E-state index contributed by atoms with van der Waals surface area (Å²) in [6.45, 7) is 2.94. The third-order valence-corrected chi connectivity index (χ3v) is 1.51. The Balaban J connectivity index is 3.39. The van der Waals surface area contributed by atoms with Crippen molar-refractivity contribution < 1.29 is 14.6 Å². The molecule has 1 unspecified atom stereocenters. The quantitative estimate of drug-likeness (QED) is 0.651. The summed E-state index contributed by atoms with van der Waals surface area (Å²) in [4.78, 5) is 11.1. The molecule has 0 saturated heterocycles. The zero-order valence-corrected chi connectivity index (χ0v) is 6.87. The Morgan fingerprint density at radius 3 is 2.58 bits per heavy atom. The maximum atomic E-state index is 11.1. The first kappa shape index (κ1) is 8.80. The number of hydrogen-bond acceptors (Lipinski definition) is 4. The maximum Gasteiger partial charge on any atom is 0.291 e. The molecule has 0 aromatic carbocycles. The average molecular weight is 170 g/mol. The molecule has 4 heteroatoms. The van der Waals surface area contributed by atoms with Gasteiger partial charge in [0.25, 0.3) is 5.95 Å². The van der Waals surface area contributed by atoms with E-state index in [1.807, 2.05) is 0 Å². The van der Waals surface area contributed by atoms with Crippen molar-refractivity contribution in [2.24, 2.45) is 0 Å². The van der Waals surface area contributed by atoms with Crippen molar-refractivity contribution in [2.45, 2.75) is 20.0 Å². The number of aromatic hydroxyl groups is 1. The summed E-state index contributed by atoms with van der Waals surface area (Å²) in [7, 11) is 0. The molecule has 0 aliphatic carbocycles. The van der Waals surface area contributed by atoms with Crippen LogP contribution in [0.2, 0.25) is 0 Å². The standard InChI is InChI=1S/C8H10O4/c1-4-3-6(10)7(5(2)9)8(11)12-4/h3,5,9,11H,1-2H3. The summed E-state index contributed by atoms with van der Waals surface area (Å²) in [5.74, 6) is -0.183. The highest BCUT2D eigenvalue weighted by Crippen LogP contribution is 2.20. The smallest absolute Gasteiger partial charge is 0.291 e. The molecule has 1 aromatic heterocycles. The number of aliphatic hydroxyl groups excluding tert-OH is 1. The Kier molecular flexibility index (Phi) is 2.19. The van der Waals surface area contributed by atoms with Gasteiger partial charge in [-0.2, -0.15) is 0 Å². The predicted molar refractivity (Wildman–Crippen MR) is 42.0 cm³/mol. The molecule has 0 aliphatic rings. The van der Waals surface area contributed by atoms with Crippen LogP contribution in [0, 0.1) is 6.92 Å². The largest absolute Gasteiger partial charge is 0.480 e. The third-order valence-electron chi connectivity index (χ3n) is 1.51. The molecule has 1 atom stereocenters. The Morgan fingerprint density at radius 1 is 1.58 bits per heavy atom. The van der Waals surface area contributed by atoms with Gasteiger partial charge in [0, 0.05) is 6.07 Å². The molecule has 2 N–H and O–H groups in total. The molecule has 66 valence electrons. The normalized spacial score (nSPS) is 12.9. The lowest BCUT2D eigenvalue weighted by molar-refractivity contribution is 0.182. The van der Waals surface area contributed by atoms with Gasteiger partial charge in [0.05, 0.1) is 6.10 Å². The molecule has 12 heavy (non-hydrogen) atoms. The third kappa shape index (κ3) is 1.48.